The topological polar surface area (TPSA) is 90.0 Å². The second-order valence-electron chi connectivity index (χ2n) is 7.30. The van der Waals surface area contributed by atoms with E-state index in [1.807, 2.05) is 24.3 Å². The van der Waals surface area contributed by atoms with Crippen LogP contribution in [0.25, 0.3) is 6.08 Å². The summed E-state index contributed by atoms with van der Waals surface area (Å²) >= 11 is 3.00. The second kappa shape index (κ2) is 10.4. The highest BCUT2D eigenvalue weighted by Crippen LogP contribution is 2.36. The minimum Gasteiger partial charge on any atom is -0.493 e. The van der Waals surface area contributed by atoms with E-state index in [2.05, 4.69) is 22.6 Å². The molecule has 0 aromatic heterocycles. The van der Waals surface area contributed by atoms with E-state index in [4.69, 9.17) is 8.92 Å². The molecule has 3 aromatic carbocycles. The van der Waals surface area contributed by atoms with Gasteiger partial charge >= 0.3 is 10.1 Å². The van der Waals surface area contributed by atoms with Crippen LogP contribution in [-0.4, -0.2) is 31.6 Å². The quantitative estimate of drug-likeness (QED) is 0.196. The molecule has 3 aromatic rings. The Kier molecular flexibility index (Phi) is 7.47. The number of rotatable bonds is 7. The van der Waals surface area contributed by atoms with E-state index in [1.165, 1.54) is 36.3 Å². The monoisotopic (exact) mass is 625 g/mol. The lowest BCUT2D eigenvalue weighted by Crippen LogP contribution is -2.27. The number of imide groups is 1. The van der Waals surface area contributed by atoms with Crippen LogP contribution in [-0.2, 0) is 21.5 Å². The first-order chi connectivity index (χ1) is 16.7. The molecule has 1 fully saturated rings. The number of hydrogen-bond donors (Lipinski definition) is 0. The summed E-state index contributed by atoms with van der Waals surface area (Å²) in [5.74, 6) is -0.978. The van der Waals surface area contributed by atoms with Crippen molar-refractivity contribution in [3.05, 3.63) is 92.1 Å². The molecule has 180 valence electrons. The molecule has 0 spiro atoms. The van der Waals surface area contributed by atoms with Gasteiger partial charge in [-0.2, -0.15) is 8.42 Å². The van der Waals surface area contributed by atoms with Crippen LogP contribution in [0.4, 0.5) is 9.18 Å². The fourth-order valence-electron chi connectivity index (χ4n) is 3.17. The largest absolute Gasteiger partial charge is 0.493 e. The van der Waals surface area contributed by atoms with Crippen molar-refractivity contribution in [1.82, 2.24) is 4.90 Å². The third kappa shape index (κ3) is 5.85. The Balaban J connectivity index is 1.54. The Morgan fingerprint density at radius 2 is 1.69 bits per heavy atom. The number of methoxy groups -OCH3 is 1. The van der Waals surface area contributed by atoms with Crippen molar-refractivity contribution in [1.29, 1.82) is 0 Å². The van der Waals surface area contributed by atoms with Crippen molar-refractivity contribution >= 4 is 61.7 Å². The van der Waals surface area contributed by atoms with Gasteiger partial charge in [0, 0.05) is 3.57 Å². The summed E-state index contributed by atoms with van der Waals surface area (Å²) in [4.78, 5) is 26.5. The number of thioether (sulfide) groups is 1. The predicted octanol–water partition coefficient (Wildman–Crippen LogP) is 5.44. The third-order valence-corrected chi connectivity index (χ3v) is 7.79. The fourth-order valence-corrected chi connectivity index (χ4v) is 5.31. The van der Waals surface area contributed by atoms with Crippen molar-refractivity contribution in [2.45, 2.75) is 11.4 Å². The van der Waals surface area contributed by atoms with Crippen LogP contribution >= 0.6 is 34.4 Å². The molecule has 0 aliphatic carbocycles. The van der Waals surface area contributed by atoms with Crippen molar-refractivity contribution in [2.24, 2.45) is 0 Å². The van der Waals surface area contributed by atoms with Crippen LogP contribution in [0.1, 0.15) is 11.1 Å². The normalized spacial score (nSPS) is 15.1. The molecular formula is C24H17FINO6S2. The molecule has 0 atom stereocenters. The Hall–Kier alpha value is -2.90. The number of carbonyl (C=O) groups is 2. The average molecular weight is 625 g/mol. The summed E-state index contributed by atoms with van der Waals surface area (Å²) in [7, 11) is -2.89. The molecule has 0 bridgehead atoms. The summed E-state index contributed by atoms with van der Waals surface area (Å²) in [6.07, 6.45) is 1.53. The molecule has 11 heteroatoms. The van der Waals surface area contributed by atoms with E-state index in [0.29, 0.717) is 5.56 Å². The van der Waals surface area contributed by atoms with Gasteiger partial charge in [0.1, 0.15) is 10.7 Å². The molecule has 1 aliphatic rings. The maximum atomic E-state index is 13.1. The summed E-state index contributed by atoms with van der Waals surface area (Å²) < 4.78 is 49.7. The molecule has 1 saturated heterocycles. The smallest absolute Gasteiger partial charge is 0.339 e. The van der Waals surface area contributed by atoms with E-state index < -0.39 is 21.8 Å². The minimum absolute atomic E-state index is 0.0826. The Morgan fingerprint density at radius 1 is 1.00 bits per heavy atom. The third-order valence-electron chi connectivity index (χ3n) is 4.91. The van der Waals surface area contributed by atoms with Gasteiger partial charge in [0.15, 0.2) is 11.5 Å². The molecule has 1 heterocycles. The highest BCUT2D eigenvalue weighted by atomic mass is 127. The minimum atomic E-state index is -4.23. The van der Waals surface area contributed by atoms with Gasteiger partial charge < -0.3 is 8.92 Å². The van der Waals surface area contributed by atoms with Gasteiger partial charge in [0.05, 0.1) is 18.6 Å². The van der Waals surface area contributed by atoms with Crippen LogP contribution in [0, 0.1) is 9.39 Å². The SMILES string of the molecule is COc1cc(/C=C2\SC(=O)N(Cc3ccc(I)cc3)C2=O)ccc1OS(=O)(=O)c1ccc(F)cc1. The Morgan fingerprint density at radius 3 is 2.34 bits per heavy atom. The second-order valence-corrected chi connectivity index (χ2v) is 11.1. The van der Waals surface area contributed by atoms with E-state index in [-0.39, 0.29) is 33.1 Å². The highest BCUT2D eigenvalue weighted by Gasteiger charge is 2.35. The fraction of sp³-hybridized carbons (Fsp3) is 0.0833. The van der Waals surface area contributed by atoms with Crippen LogP contribution in [0.15, 0.2) is 76.5 Å². The molecule has 1 aliphatic heterocycles. The molecule has 0 saturated carbocycles. The maximum Gasteiger partial charge on any atom is 0.339 e. The lowest BCUT2D eigenvalue weighted by molar-refractivity contribution is -0.123. The van der Waals surface area contributed by atoms with Crippen LogP contribution in [0.3, 0.4) is 0 Å². The van der Waals surface area contributed by atoms with Gasteiger partial charge in [-0.3, -0.25) is 14.5 Å². The number of ether oxygens (including phenoxy) is 1. The number of hydrogen-bond acceptors (Lipinski definition) is 7. The first-order valence-corrected chi connectivity index (χ1v) is 13.3. The van der Waals surface area contributed by atoms with E-state index >= 15 is 0 Å². The van der Waals surface area contributed by atoms with Gasteiger partial charge in [-0.05, 0) is 100 Å². The van der Waals surface area contributed by atoms with Gasteiger partial charge in [-0.15, -0.1) is 0 Å². The van der Waals surface area contributed by atoms with Crippen LogP contribution in [0.2, 0.25) is 0 Å². The maximum absolute atomic E-state index is 13.1. The first-order valence-electron chi connectivity index (χ1n) is 10.0. The highest BCUT2D eigenvalue weighted by molar-refractivity contribution is 14.1. The van der Waals surface area contributed by atoms with E-state index in [1.54, 1.807) is 0 Å². The van der Waals surface area contributed by atoms with E-state index in [0.717, 1.165) is 45.2 Å². The Bertz CT molecular complexity index is 1420. The van der Waals surface area contributed by atoms with E-state index in [9.17, 15) is 22.4 Å². The molecule has 35 heavy (non-hydrogen) atoms. The molecule has 4 rings (SSSR count). The molecule has 2 amide bonds. The van der Waals surface area contributed by atoms with Gasteiger partial charge in [0.25, 0.3) is 11.1 Å². The predicted molar refractivity (Wildman–Crippen MR) is 138 cm³/mol. The van der Waals surface area contributed by atoms with Crippen molar-refractivity contribution < 1.29 is 31.3 Å². The molecular weight excluding hydrogens is 608 g/mol. The van der Waals surface area contributed by atoms with Gasteiger partial charge in [0.2, 0.25) is 0 Å². The first kappa shape index (κ1) is 25.2. The van der Waals surface area contributed by atoms with Crippen molar-refractivity contribution in [3.63, 3.8) is 0 Å². The zero-order valence-corrected chi connectivity index (χ0v) is 21.9. The average Bonchev–Trinajstić information content (AvgIpc) is 3.08. The number of nitrogens with zero attached hydrogens (tertiary/aromatic N) is 1. The molecule has 0 radical (unpaired) electrons. The zero-order chi connectivity index (χ0) is 25.2. The summed E-state index contributed by atoms with van der Waals surface area (Å²) in [6, 6.07) is 16.1. The van der Waals surface area contributed by atoms with Crippen LogP contribution < -0.4 is 8.92 Å². The van der Waals surface area contributed by atoms with Crippen molar-refractivity contribution in [3.8, 4) is 11.5 Å². The van der Waals surface area contributed by atoms with Crippen molar-refractivity contribution in [2.75, 3.05) is 7.11 Å². The molecule has 7 nitrogen and oxygen atoms in total. The lowest BCUT2D eigenvalue weighted by atomic mass is 10.1. The summed E-state index contributed by atoms with van der Waals surface area (Å²) in [5, 5.41) is -0.378. The van der Waals surface area contributed by atoms with Crippen LogP contribution in [0.5, 0.6) is 11.5 Å². The number of benzene rings is 3. The standard InChI is InChI=1S/C24H17FINO6S2/c1-32-21-12-16(4-11-20(21)33-35(30,31)19-9-5-17(25)6-10-19)13-22-23(28)27(24(29)34-22)14-15-2-7-18(26)8-3-15/h2-13H,14H2,1H3/b22-13-. The number of carbonyl (C=O) groups excluding carboxylic acids is 2. The van der Waals surface area contributed by atoms with Gasteiger partial charge in [-0.25, -0.2) is 4.39 Å². The summed E-state index contributed by atoms with van der Waals surface area (Å²) in [5.41, 5.74) is 1.34. The number of halogens is 2. The number of amides is 2. The Labute approximate surface area is 219 Å². The lowest BCUT2D eigenvalue weighted by Gasteiger charge is -2.12. The van der Waals surface area contributed by atoms with Gasteiger partial charge in [-0.1, -0.05) is 18.2 Å². The zero-order valence-electron chi connectivity index (χ0n) is 18.1. The summed E-state index contributed by atoms with van der Waals surface area (Å²) in [6.45, 7) is 0.163. The molecule has 0 N–H and O–H groups in total. The molecule has 0 unspecified atom stereocenters.